The Labute approximate surface area is 140 Å². The van der Waals surface area contributed by atoms with Crippen molar-refractivity contribution in [1.82, 2.24) is 9.97 Å². The summed E-state index contributed by atoms with van der Waals surface area (Å²) in [6, 6.07) is 5.50. The second kappa shape index (κ2) is 7.13. The first-order valence-electron chi connectivity index (χ1n) is 8.28. The van der Waals surface area contributed by atoms with Crippen LogP contribution in [0.4, 0.5) is 0 Å². The lowest BCUT2D eigenvalue weighted by Crippen LogP contribution is -2.30. The van der Waals surface area contributed by atoms with Crippen LogP contribution in [-0.2, 0) is 11.2 Å². The van der Waals surface area contributed by atoms with Gasteiger partial charge in [0.15, 0.2) is 0 Å². The fourth-order valence-corrected chi connectivity index (χ4v) is 3.48. The summed E-state index contributed by atoms with van der Waals surface area (Å²) < 4.78 is 5.18. The zero-order chi connectivity index (χ0) is 17.1. The van der Waals surface area contributed by atoms with E-state index in [4.69, 9.17) is 9.84 Å². The topological polar surface area (TPSA) is 92.5 Å². The first-order chi connectivity index (χ1) is 11.6. The van der Waals surface area contributed by atoms with Crippen LogP contribution in [-0.4, -0.2) is 39.4 Å². The number of hydrogen-bond acceptors (Lipinski definition) is 5. The van der Waals surface area contributed by atoms with Crippen molar-refractivity contribution in [3.63, 3.8) is 0 Å². The summed E-state index contributed by atoms with van der Waals surface area (Å²) >= 11 is 0. The maximum absolute atomic E-state index is 11.0. The summed E-state index contributed by atoms with van der Waals surface area (Å²) in [5.41, 5.74) is 2.46. The molecular weight excluding hydrogens is 308 g/mol. The molecule has 0 aliphatic heterocycles. The number of aliphatic carboxylic acids is 1. The lowest BCUT2D eigenvalue weighted by atomic mass is 9.78. The molecule has 6 heteroatoms. The summed E-state index contributed by atoms with van der Waals surface area (Å²) in [7, 11) is 1.57. The van der Waals surface area contributed by atoms with Crippen molar-refractivity contribution in [2.75, 3.05) is 7.11 Å². The van der Waals surface area contributed by atoms with Crippen LogP contribution in [0.5, 0.6) is 5.88 Å². The number of aliphatic hydroxyl groups is 1. The van der Waals surface area contributed by atoms with Gasteiger partial charge in [0.05, 0.1) is 30.2 Å². The van der Waals surface area contributed by atoms with Gasteiger partial charge in [-0.3, -0.25) is 9.78 Å². The number of carboxylic acids is 1. The van der Waals surface area contributed by atoms with Crippen LogP contribution in [0.2, 0.25) is 0 Å². The molecule has 128 valence electrons. The molecule has 3 rings (SSSR count). The number of pyridine rings is 2. The van der Waals surface area contributed by atoms with E-state index in [0.29, 0.717) is 25.1 Å². The van der Waals surface area contributed by atoms with Gasteiger partial charge in [0.25, 0.3) is 0 Å². The number of carboxylic acid groups (broad SMARTS) is 1. The Morgan fingerprint density at radius 3 is 2.71 bits per heavy atom. The molecule has 2 aromatic rings. The van der Waals surface area contributed by atoms with Crippen LogP contribution in [0.15, 0.2) is 24.4 Å². The van der Waals surface area contributed by atoms with Crippen LogP contribution >= 0.6 is 0 Å². The number of fused-ring (bicyclic) bond motifs is 1. The first kappa shape index (κ1) is 16.6. The summed E-state index contributed by atoms with van der Waals surface area (Å²) in [4.78, 5) is 19.8. The maximum atomic E-state index is 11.0. The number of aromatic nitrogens is 2. The molecule has 0 bridgehead atoms. The van der Waals surface area contributed by atoms with Gasteiger partial charge in [-0.05, 0) is 49.3 Å². The van der Waals surface area contributed by atoms with Crippen molar-refractivity contribution in [1.29, 1.82) is 0 Å². The first-order valence-corrected chi connectivity index (χ1v) is 8.28. The SMILES string of the molecule is COc1ccc2nccc(C[C@H](O)C3CCC(C(=O)O)CC3)c2n1. The molecule has 0 saturated heterocycles. The highest BCUT2D eigenvalue weighted by atomic mass is 16.5. The fourth-order valence-electron chi connectivity index (χ4n) is 3.48. The molecule has 0 radical (unpaired) electrons. The molecule has 1 aliphatic rings. The molecule has 1 saturated carbocycles. The van der Waals surface area contributed by atoms with Gasteiger partial charge in [-0.25, -0.2) is 4.98 Å². The third kappa shape index (κ3) is 3.48. The van der Waals surface area contributed by atoms with E-state index in [1.165, 1.54) is 0 Å². The zero-order valence-electron chi connectivity index (χ0n) is 13.7. The Balaban J connectivity index is 1.74. The van der Waals surface area contributed by atoms with Gasteiger partial charge >= 0.3 is 5.97 Å². The monoisotopic (exact) mass is 330 g/mol. The van der Waals surface area contributed by atoms with Gasteiger partial charge in [0.1, 0.15) is 0 Å². The molecule has 0 amide bonds. The van der Waals surface area contributed by atoms with E-state index < -0.39 is 12.1 Å². The van der Waals surface area contributed by atoms with E-state index >= 15 is 0 Å². The standard InChI is InChI=1S/C18H22N2O4/c1-24-16-7-6-14-17(20-16)13(8-9-19-14)10-15(21)11-2-4-12(5-3-11)18(22)23/h6-9,11-12,15,21H,2-5,10H2,1H3,(H,22,23)/t11?,12?,15-/m0/s1. The molecule has 24 heavy (non-hydrogen) atoms. The predicted molar refractivity (Wildman–Crippen MR) is 88.9 cm³/mol. The number of aliphatic hydroxyl groups excluding tert-OH is 1. The highest BCUT2D eigenvalue weighted by Gasteiger charge is 2.30. The number of methoxy groups -OCH3 is 1. The summed E-state index contributed by atoms with van der Waals surface area (Å²) in [5, 5.41) is 19.7. The second-order valence-electron chi connectivity index (χ2n) is 6.41. The summed E-state index contributed by atoms with van der Waals surface area (Å²) in [6.45, 7) is 0. The molecule has 1 atom stereocenters. The minimum atomic E-state index is -0.723. The fraction of sp³-hybridized carbons (Fsp3) is 0.500. The van der Waals surface area contributed by atoms with Gasteiger partial charge in [0.2, 0.25) is 5.88 Å². The third-order valence-corrected chi connectivity index (χ3v) is 4.95. The van der Waals surface area contributed by atoms with E-state index in [-0.39, 0.29) is 11.8 Å². The van der Waals surface area contributed by atoms with Crippen LogP contribution in [0.1, 0.15) is 31.2 Å². The van der Waals surface area contributed by atoms with Crippen LogP contribution < -0.4 is 4.74 Å². The number of nitrogens with zero attached hydrogens (tertiary/aromatic N) is 2. The molecule has 1 fully saturated rings. The number of rotatable bonds is 5. The molecule has 2 heterocycles. The average Bonchev–Trinajstić information content (AvgIpc) is 2.61. The molecule has 1 aliphatic carbocycles. The molecular formula is C18H22N2O4. The highest BCUT2D eigenvalue weighted by molar-refractivity contribution is 5.78. The third-order valence-electron chi connectivity index (χ3n) is 4.95. The predicted octanol–water partition coefficient (Wildman–Crippen LogP) is 2.43. The van der Waals surface area contributed by atoms with E-state index in [9.17, 15) is 9.90 Å². The van der Waals surface area contributed by atoms with Crippen molar-refractivity contribution in [2.45, 2.75) is 38.2 Å². The molecule has 6 nitrogen and oxygen atoms in total. The maximum Gasteiger partial charge on any atom is 0.306 e. The smallest absolute Gasteiger partial charge is 0.306 e. The van der Waals surface area contributed by atoms with Gasteiger partial charge in [0, 0.05) is 18.7 Å². The van der Waals surface area contributed by atoms with Gasteiger partial charge < -0.3 is 14.9 Å². The van der Waals surface area contributed by atoms with Crippen LogP contribution in [0.25, 0.3) is 11.0 Å². The van der Waals surface area contributed by atoms with Gasteiger partial charge in [-0.1, -0.05) is 0 Å². The molecule has 2 N–H and O–H groups in total. The largest absolute Gasteiger partial charge is 0.481 e. The van der Waals surface area contributed by atoms with Crippen LogP contribution in [0, 0.1) is 11.8 Å². The Morgan fingerprint density at radius 1 is 1.29 bits per heavy atom. The van der Waals surface area contributed by atoms with E-state index in [2.05, 4.69) is 9.97 Å². The zero-order valence-corrected chi connectivity index (χ0v) is 13.7. The number of carbonyl (C=O) groups is 1. The van der Waals surface area contributed by atoms with Gasteiger partial charge in [-0.2, -0.15) is 0 Å². The van der Waals surface area contributed by atoms with Crippen molar-refractivity contribution in [3.05, 3.63) is 30.0 Å². The van der Waals surface area contributed by atoms with Crippen molar-refractivity contribution in [2.24, 2.45) is 11.8 Å². The normalized spacial score (nSPS) is 22.2. The van der Waals surface area contributed by atoms with E-state index in [1.54, 1.807) is 19.4 Å². The Morgan fingerprint density at radius 2 is 2.04 bits per heavy atom. The summed E-state index contributed by atoms with van der Waals surface area (Å²) in [6.07, 6.45) is 4.48. The number of hydrogen-bond donors (Lipinski definition) is 2. The van der Waals surface area contributed by atoms with Crippen LogP contribution in [0.3, 0.4) is 0 Å². The average molecular weight is 330 g/mol. The quantitative estimate of drug-likeness (QED) is 0.875. The van der Waals surface area contributed by atoms with Crippen molar-refractivity contribution < 1.29 is 19.7 Å². The lowest BCUT2D eigenvalue weighted by Gasteiger charge is -2.29. The Kier molecular flexibility index (Phi) is 4.94. The molecule has 0 unspecified atom stereocenters. The summed E-state index contributed by atoms with van der Waals surface area (Å²) in [5.74, 6) is -0.330. The molecule has 0 spiro atoms. The van der Waals surface area contributed by atoms with Crippen molar-refractivity contribution >= 4 is 17.0 Å². The second-order valence-corrected chi connectivity index (χ2v) is 6.41. The van der Waals surface area contributed by atoms with Crippen molar-refractivity contribution in [3.8, 4) is 5.88 Å². The van der Waals surface area contributed by atoms with E-state index in [0.717, 1.165) is 29.4 Å². The Bertz CT molecular complexity index is 726. The van der Waals surface area contributed by atoms with E-state index in [1.807, 2.05) is 12.1 Å². The number of ether oxygens (including phenoxy) is 1. The Hall–Kier alpha value is -2.21. The van der Waals surface area contributed by atoms with Gasteiger partial charge in [-0.15, -0.1) is 0 Å². The minimum Gasteiger partial charge on any atom is -0.481 e. The molecule has 0 aromatic carbocycles. The lowest BCUT2D eigenvalue weighted by molar-refractivity contribution is -0.143. The highest BCUT2D eigenvalue weighted by Crippen LogP contribution is 2.32. The molecule has 2 aromatic heterocycles. The minimum absolute atomic E-state index is 0.134.